The quantitative estimate of drug-likeness (QED) is 0.277. The van der Waals surface area contributed by atoms with Gasteiger partial charge in [-0.1, -0.05) is 65.3 Å². The molecule has 1 aromatic heterocycles. The van der Waals surface area contributed by atoms with Gasteiger partial charge in [0.15, 0.2) is 5.16 Å². The van der Waals surface area contributed by atoms with Crippen molar-refractivity contribution >= 4 is 57.5 Å². The highest BCUT2D eigenvalue weighted by atomic mass is 35.5. The summed E-state index contributed by atoms with van der Waals surface area (Å²) in [6.07, 6.45) is 0. The number of nitrogens with one attached hydrogen (secondary N) is 1. The van der Waals surface area contributed by atoms with Crippen LogP contribution < -0.4 is 10.9 Å². The van der Waals surface area contributed by atoms with E-state index in [2.05, 4.69) is 5.32 Å². The van der Waals surface area contributed by atoms with Gasteiger partial charge >= 0.3 is 0 Å². The number of amides is 1. The molecule has 1 N–H and O–H groups in total. The number of anilines is 1. The first-order chi connectivity index (χ1) is 15.4. The SMILES string of the molecule is Cc1cccc(-n2c(SCC(=O)Nc3cccc(Cl)c3Cl)nc3ccccc3c2=O)c1C. The second-order valence-electron chi connectivity index (χ2n) is 7.21. The lowest BCUT2D eigenvalue weighted by Gasteiger charge is -2.16. The van der Waals surface area contributed by atoms with E-state index in [4.69, 9.17) is 28.2 Å². The number of nitrogens with zero attached hydrogens (tertiary/aromatic N) is 2. The number of aryl methyl sites for hydroxylation is 1. The van der Waals surface area contributed by atoms with Crippen LogP contribution in [0.4, 0.5) is 5.69 Å². The van der Waals surface area contributed by atoms with Gasteiger partial charge in [0.05, 0.1) is 38.1 Å². The van der Waals surface area contributed by atoms with Crippen molar-refractivity contribution in [2.45, 2.75) is 19.0 Å². The maximum absolute atomic E-state index is 13.4. The van der Waals surface area contributed by atoms with Gasteiger partial charge in [-0.15, -0.1) is 0 Å². The van der Waals surface area contributed by atoms with E-state index < -0.39 is 0 Å². The molecule has 8 heteroatoms. The fourth-order valence-corrected chi connectivity index (χ4v) is 4.47. The van der Waals surface area contributed by atoms with Crippen LogP contribution in [0.15, 0.2) is 70.6 Å². The number of rotatable bonds is 5. The van der Waals surface area contributed by atoms with Crippen molar-refractivity contribution in [2.75, 3.05) is 11.1 Å². The lowest BCUT2D eigenvalue weighted by atomic mass is 10.1. The topological polar surface area (TPSA) is 64.0 Å². The molecule has 5 nitrogen and oxygen atoms in total. The summed E-state index contributed by atoms with van der Waals surface area (Å²) in [5, 5.41) is 4.36. The molecular formula is C24H19Cl2N3O2S. The second-order valence-corrected chi connectivity index (χ2v) is 8.94. The third-order valence-electron chi connectivity index (χ3n) is 5.12. The van der Waals surface area contributed by atoms with Crippen LogP contribution >= 0.6 is 35.0 Å². The molecule has 0 atom stereocenters. The summed E-state index contributed by atoms with van der Waals surface area (Å²) < 4.78 is 1.58. The number of fused-ring (bicyclic) bond motifs is 1. The van der Waals surface area contributed by atoms with Crippen LogP contribution in [0.2, 0.25) is 10.0 Å². The average Bonchev–Trinajstić information content (AvgIpc) is 2.78. The Labute approximate surface area is 199 Å². The highest BCUT2D eigenvalue weighted by molar-refractivity contribution is 7.99. The van der Waals surface area contributed by atoms with E-state index >= 15 is 0 Å². The van der Waals surface area contributed by atoms with Crippen molar-refractivity contribution in [2.24, 2.45) is 0 Å². The Morgan fingerprint density at radius 1 is 1.03 bits per heavy atom. The van der Waals surface area contributed by atoms with Gasteiger partial charge in [-0.05, 0) is 55.3 Å². The molecule has 0 radical (unpaired) electrons. The molecule has 1 amide bonds. The lowest BCUT2D eigenvalue weighted by molar-refractivity contribution is -0.113. The number of carbonyl (C=O) groups excluding carboxylic acids is 1. The van der Waals surface area contributed by atoms with Gasteiger partial charge in [0.1, 0.15) is 0 Å². The number of aromatic nitrogens is 2. The molecule has 0 bridgehead atoms. The Hall–Kier alpha value is -2.80. The minimum atomic E-state index is -0.283. The summed E-state index contributed by atoms with van der Waals surface area (Å²) in [4.78, 5) is 30.7. The first kappa shape index (κ1) is 22.4. The number of carbonyl (C=O) groups is 1. The Kier molecular flexibility index (Phi) is 6.55. The zero-order chi connectivity index (χ0) is 22.8. The number of thioether (sulfide) groups is 1. The van der Waals surface area contributed by atoms with Crippen molar-refractivity contribution in [3.8, 4) is 5.69 Å². The molecule has 1 heterocycles. The van der Waals surface area contributed by atoms with Gasteiger partial charge in [0.2, 0.25) is 5.91 Å². The first-order valence-corrected chi connectivity index (χ1v) is 11.6. The van der Waals surface area contributed by atoms with Crippen LogP contribution in [0.1, 0.15) is 11.1 Å². The molecule has 0 saturated heterocycles. The normalized spacial score (nSPS) is 11.0. The smallest absolute Gasteiger partial charge is 0.266 e. The van der Waals surface area contributed by atoms with E-state index in [1.165, 1.54) is 11.8 Å². The molecule has 4 rings (SSSR count). The number of hydrogen-bond acceptors (Lipinski definition) is 4. The third kappa shape index (κ3) is 4.39. The van der Waals surface area contributed by atoms with Crippen LogP contribution in [0, 0.1) is 13.8 Å². The van der Waals surface area contributed by atoms with E-state index in [9.17, 15) is 9.59 Å². The van der Waals surface area contributed by atoms with Gasteiger partial charge in [-0.25, -0.2) is 4.98 Å². The molecule has 0 aliphatic rings. The molecule has 3 aromatic carbocycles. The summed E-state index contributed by atoms with van der Waals surface area (Å²) in [5.74, 6) is -0.243. The Morgan fingerprint density at radius 2 is 1.78 bits per heavy atom. The van der Waals surface area contributed by atoms with Gasteiger partial charge < -0.3 is 5.32 Å². The molecule has 0 aliphatic heterocycles. The number of halogens is 2. The molecule has 32 heavy (non-hydrogen) atoms. The zero-order valence-corrected chi connectivity index (χ0v) is 19.7. The van der Waals surface area contributed by atoms with Crippen LogP contribution in [0.25, 0.3) is 16.6 Å². The highest BCUT2D eigenvalue weighted by Gasteiger charge is 2.17. The molecule has 0 fully saturated rings. The maximum Gasteiger partial charge on any atom is 0.266 e. The van der Waals surface area contributed by atoms with Gasteiger partial charge in [0.25, 0.3) is 5.56 Å². The summed E-state index contributed by atoms with van der Waals surface area (Å²) in [6.45, 7) is 3.96. The standard InChI is InChI=1S/C24H19Cl2N3O2S/c1-14-7-5-12-20(15(14)2)29-23(31)16-8-3-4-10-18(16)28-24(29)32-13-21(30)27-19-11-6-9-17(25)22(19)26/h3-12H,13H2,1-2H3,(H,27,30). The van der Waals surface area contributed by atoms with E-state index in [0.717, 1.165) is 16.8 Å². The first-order valence-electron chi connectivity index (χ1n) is 9.82. The van der Waals surface area contributed by atoms with E-state index in [0.29, 0.717) is 26.8 Å². The zero-order valence-electron chi connectivity index (χ0n) is 17.4. The summed E-state index contributed by atoms with van der Waals surface area (Å²) >= 11 is 13.4. The number of hydrogen-bond donors (Lipinski definition) is 1. The second kappa shape index (κ2) is 9.36. The maximum atomic E-state index is 13.4. The van der Waals surface area contributed by atoms with Crippen molar-refractivity contribution in [3.63, 3.8) is 0 Å². The predicted octanol–water partition coefficient (Wildman–Crippen LogP) is 6.04. The molecule has 0 saturated carbocycles. The molecule has 162 valence electrons. The minimum Gasteiger partial charge on any atom is -0.324 e. The highest BCUT2D eigenvalue weighted by Crippen LogP contribution is 2.30. The van der Waals surface area contributed by atoms with E-state index in [1.807, 2.05) is 44.2 Å². The monoisotopic (exact) mass is 483 g/mol. The largest absolute Gasteiger partial charge is 0.324 e. The van der Waals surface area contributed by atoms with Gasteiger partial charge in [-0.2, -0.15) is 0 Å². The predicted molar refractivity (Wildman–Crippen MR) is 133 cm³/mol. The molecular weight excluding hydrogens is 465 g/mol. The van der Waals surface area contributed by atoms with Crippen LogP contribution in [-0.4, -0.2) is 21.2 Å². The molecule has 0 spiro atoms. The van der Waals surface area contributed by atoms with Crippen molar-refractivity contribution in [1.29, 1.82) is 0 Å². The fourth-order valence-electron chi connectivity index (χ4n) is 3.32. The summed E-state index contributed by atoms with van der Waals surface area (Å²) in [6, 6.07) is 18.0. The molecule has 0 aliphatic carbocycles. The van der Waals surface area contributed by atoms with E-state index in [-0.39, 0.29) is 22.2 Å². The van der Waals surface area contributed by atoms with Crippen molar-refractivity contribution < 1.29 is 4.79 Å². The van der Waals surface area contributed by atoms with Crippen molar-refractivity contribution in [1.82, 2.24) is 9.55 Å². The molecule has 4 aromatic rings. The lowest BCUT2D eigenvalue weighted by Crippen LogP contribution is -2.23. The third-order valence-corrected chi connectivity index (χ3v) is 6.88. The van der Waals surface area contributed by atoms with Crippen LogP contribution in [0.3, 0.4) is 0 Å². The minimum absolute atomic E-state index is 0.0402. The molecule has 0 unspecified atom stereocenters. The summed E-state index contributed by atoms with van der Waals surface area (Å²) in [7, 11) is 0. The van der Waals surface area contributed by atoms with Gasteiger partial charge in [0, 0.05) is 0 Å². The number of benzene rings is 3. The Bertz CT molecular complexity index is 1400. The summed E-state index contributed by atoms with van der Waals surface area (Å²) in [5.41, 5.74) is 3.62. The van der Waals surface area contributed by atoms with Gasteiger partial charge in [-0.3, -0.25) is 14.2 Å². The average molecular weight is 484 g/mol. The van der Waals surface area contributed by atoms with Crippen LogP contribution in [-0.2, 0) is 4.79 Å². The van der Waals surface area contributed by atoms with E-state index in [1.54, 1.807) is 34.9 Å². The number of para-hydroxylation sites is 1. The Morgan fingerprint density at radius 3 is 2.59 bits per heavy atom. The fraction of sp³-hybridized carbons (Fsp3) is 0.125. The van der Waals surface area contributed by atoms with Crippen molar-refractivity contribution in [3.05, 3.63) is 92.2 Å². The van der Waals surface area contributed by atoms with Crippen LogP contribution in [0.5, 0.6) is 0 Å². The Balaban J connectivity index is 1.71.